The van der Waals surface area contributed by atoms with Crippen LogP contribution in [0.3, 0.4) is 0 Å². The zero-order valence-corrected chi connectivity index (χ0v) is 19.0. The van der Waals surface area contributed by atoms with E-state index in [1.54, 1.807) is 25.1 Å². The minimum absolute atomic E-state index is 0.123. The Morgan fingerprint density at radius 2 is 1.72 bits per heavy atom. The zero-order chi connectivity index (χ0) is 22.8. The van der Waals surface area contributed by atoms with Crippen molar-refractivity contribution in [2.75, 3.05) is 16.8 Å². The van der Waals surface area contributed by atoms with Crippen LogP contribution < -0.4 is 10.2 Å². The number of amides is 2. The molecule has 0 saturated carbocycles. The summed E-state index contributed by atoms with van der Waals surface area (Å²) in [4.78, 5) is 32.4. The van der Waals surface area contributed by atoms with Gasteiger partial charge in [-0.1, -0.05) is 48.0 Å². The number of fused-ring (bicyclic) bond motifs is 1. The molecule has 3 aromatic rings. The first-order chi connectivity index (χ1) is 15.3. The number of carbonyl (C=O) groups is 2. The predicted molar refractivity (Wildman–Crippen MR) is 130 cm³/mol. The highest BCUT2D eigenvalue weighted by atomic mass is 35.5. The van der Waals surface area contributed by atoms with E-state index in [0.29, 0.717) is 22.1 Å². The molecule has 2 amide bonds. The van der Waals surface area contributed by atoms with Crippen molar-refractivity contribution >= 4 is 40.5 Å². The van der Waals surface area contributed by atoms with Crippen molar-refractivity contribution in [1.29, 1.82) is 0 Å². The normalized spacial score (nSPS) is 15.6. The molecule has 162 valence electrons. The molecule has 0 aromatic heterocycles. The van der Waals surface area contributed by atoms with Crippen molar-refractivity contribution in [2.45, 2.75) is 26.8 Å². The van der Waals surface area contributed by atoms with Crippen LogP contribution in [0.15, 0.2) is 71.7 Å². The minimum Gasteiger partial charge on any atom is -0.325 e. The van der Waals surface area contributed by atoms with Crippen LogP contribution in [0.2, 0.25) is 5.02 Å². The maximum absolute atomic E-state index is 13.3. The second-order valence-electron chi connectivity index (χ2n) is 8.03. The summed E-state index contributed by atoms with van der Waals surface area (Å²) >= 11 is 6.31. The molecule has 0 saturated heterocycles. The number of carbonyl (C=O) groups excluding carboxylic acids is 2. The van der Waals surface area contributed by atoms with Crippen LogP contribution in [0.1, 0.15) is 29.2 Å². The maximum atomic E-state index is 13.3. The third-order valence-corrected chi connectivity index (χ3v) is 5.54. The highest BCUT2D eigenvalue weighted by Gasteiger charge is 2.31. The summed E-state index contributed by atoms with van der Waals surface area (Å²) in [6, 6.07) is 20.2. The molecule has 6 heteroatoms. The lowest BCUT2D eigenvalue weighted by atomic mass is 10.00. The number of hydrogen-bond acceptors (Lipinski definition) is 3. The Morgan fingerprint density at radius 3 is 2.41 bits per heavy atom. The van der Waals surface area contributed by atoms with Crippen molar-refractivity contribution in [3.8, 4) is 0 Å². The summed E-state index contributed by atoms with van der Waals surface area (Å²) in [5.74, 6) is -0.519. The number of hydrogen-bond donors (Lipinski definition) is 1. The van der Waals surface area contributed by atoms with Gasteiger partial charge in [0, 0.05) is 21.8 Å². The van der Waals surface area contributed by atoms with Gasteiger partial charge in [-0.3, -0.25) is 14.6 Å². The summed E-state index contributed by atoms with van der Waals surface area (Å²) < 4.78 is 0. The molecule has 1 aliphatic rings. The lowest BCUT2D eigenvalue weighted by molar-refractivity contribution is -0.122. The number of anilines is 2. The number of benzene rings is 3. The van der Waals surface area contributed by atoms with Crippen molar-refractivity contribution in [3.63, 3.8) is 0 Å². The molecule has 1 heterocycles. The molecule has 0 aliphatic carbocycles. The van der Waals surface area contributed by atoms with Crippen molar-refractivity contribution in [1.82, 2.24) is 0 Å². The van der Waals surface area contributed by atoms with Gasteiger partial charge < -0.3 is 10.2 Å². The van der Waals surface area contributed by atoms with Gasteiger partial charge in [-0.05, 0) is 62.2 Å². The van der Waals surface area contributed by atoms with Gasteiger partial charge in [-0.2, -0.15) is 0 Å². The molecule has 4 rings (SSSR count). The first-order valence-electron chi connectivity index (χ1n) is 10.4. The lowest BCUT2D eigenvalue weighted by Crippen LogP contribution is -2.42. The first-order valence-corrected chi connectivity index (χ1v) is 10.8. The van der Waals surface area contributed by atoms with Crippen LogP contribution in [0, 0.1) is 13.8 Å². The quantitative estimate of drug-likeness (QED) is 0.602. The van der Waals surface area contributed by atoms with Crippen molar-refractivity contribution in [3.05, 3.63) is 94.0 Å². The summed E-state index contributed by atoms with van der Waals surface area (Å²) in [5.41, 5.74) is 5.72. The Kier molecular flexibility index (Phi) is 6.10. The van der Waals surface area contributed by atoms with Crippen LogP contribution in [0.5, 0.6) is 0 Å². The molecule has 32 heavy (non-hydrogen) atoms. The fourth-order valence-electron chi connectivity index (χ4n) is 3.98. The standard InChI is InChI=1S/C26H24ClN3O2/c1-16-11-17(2)13-21(12-16)29-24(31)15-30-23-10-9-20(27)14-22(23)25(28-18(3)26(30)32)19-7-5-4-6-8-19/h4-14,18H,15H2,1-3H3,(H,29,31)/t18-/m0/s1. The van der Waals surface area contributed by atoms with E-state index in [2.05, 4.69) is 5.32 Å². The number of aryl methyl sites for hydroxylation is 2. The molecule has 1 aliphatic heterocycles. The molecule has 5 nitrogen and oxygen atoms in total. The number of aliphatic imine (C=N–C) groups is 1. The smallest absolute Gasteiger partial charge is 0.252 e. The van der Waals surface area contributed by atoms with E-state index < -0.39 is 6.04 Å². The van der Waals surface area contributed by atoms with E-state index in [1.807, 2.05) is 62.4 Å². The zero-order valence-electron chi connectivity index (χ0n) is 18.2. The van der Waals surface area contributed by atoms with Gasteiger partial charge in [0.05, 0.1) is 11.4 Å². The average Bonchev–Trinajstić information content (AvgIpc) is 2.84. The summed E-state index contributed by atoms with van der Waals surface area (Å²) in [7, 11) is 0. The molecule has 0 spiro atoms. The second-order valence-corrected chi connectivity index (χ2v) is 8.47. The van der Waals surface area contributed by atoms with E-state index in [0.717, 1.165) is 22.3 Å². The largest absolute Gasteiger partial charge is 0.325 e. The number of halogens is 1. The molecular formula is C26H24ClN3O2. The fourth-order valence-corrected chi connectivity index (χ4v) is 4.15. The van der Waals surface area contributed by atoms with E-state index in [9.17, 15) is 9.59 Å². The molecule has 0 bridgehead atoms. The first kappa shape index (κ1) is 21.8. The molecule has 0 unspecified atom stereocenters. The van der Waals surface area contributed by atoms with Crippen LogP contribution >= 0.6 is 11.6 Å². The minimum atomic E-state index is -0.648. The van der Waals surface area contributed by atoms with Gasteiger partial charge in [0.2, 0.25) is 5.91 Å². The monoisotopic (exact) mass is 445 g/mol. The molecule has 0 radical (unpaired) electrons. The lowest BCUT2D eigenvalue weighted by Gasteiger charge is -2.24. The predicted octanol–water partition coefficient (Wildman–Crippen LogP) is 5.17. The number of nitrogens with zero attached hydrogens (tertiary/aromatic N) is 2. The van der Waals surface area contributed by atoms with Gasteiger partial charge in [0.15, 0.2) is 0 Å². The van der Waals surface area contributed by atoms with Crippen LogP contribution in [-0.2, 0) is 9.59 Å². The third-order valence-electron chi connectivity index (χ3n) is 5.31. The van der Waals surface area contributed by atoms with Crippen LogP contribution in [0.25, 0.3) is 0 Å². The van der Waals surface area contributed by atoms with Gasteiger partial charge >= 0.3 is 0 Å². The summed E-state index contributed by atoms with van der Waals surface area (Å²) in [6.45, 7) is 5.58. The van der Waals surface area contributed by atoms with E-state index in [-0.39, 0.29) is 18.4 Å². The second kappa shape index (κ2) is 8.97. The van der Waals surface area contributed by atoms with Gasteiger partial charge in [-0.25, -0.2) is 0 Å². The Balaban J connectivity index is 1.71. The van der Waals surface area contributed by atoms with Crippen LogP contribution in [-0.4, -0.2) is 30.1 Å². The number of benzodiazepines with no additional fused rings is 1. The van der Waals surface area contributed by atoms with E-state index >= 15 is 0 Å². The highest BCUT2D eigenvalue weighted by Crippen LogP contribution is 2.31. The molecule has 1 N–H and O–H groups in total. The Bertz CT molecular complexity index is 1200. The van der Waals surface area contributed by atoms with Gasteiger partial charge in [0.25, 0.3) is 5.91 Å². The maximum Gasteiger partial charge on any atom is 0.252 e. The van der Waals surface area contributed by atoms with Crippen LogP contribution in [0.4, 0.5) is 11.4 Å². The van der Waals surface area contributed by atoms with E-state index in [4.69, 9.17) is 16.6 Å². The highest BCUT2D eigenvalue weighted by molar-refractivity contribution is 6.32. The van der Waals surface area contributed by atoms with E-state index in [1.165, 1.54) is 4.90 Å². The molecule has 1 atom stereocenters. The average molecular weight is 446 g/mol. The summed E-state index contributed by atoms with van der Waals surface area (Å²) in [6.07, 6.45) is 0. The molecule has 3 aromatic carbocycles. The van der Waals surface area contributed by atoms with Gasteiger partial charge in [0.1, 0.15) is 12.6 Å². The van der Waals surface area contributed by atoms with Crippen molar-refractivity contribution < 1.29 is 9.59 Å². The number of rotatable bonds is 4. The molecular weight excluding hydrogens is 422 g/mol. The molecule has 0 fully saturated rings. The SMILES string of the molecule is Cc1cc(C)cc(NC(=O)CN2C(=O)[C@H](C)N=C(c3ccccc3)c3cc(Cl)ccc32)c1. The third kappa shape index (κ3) is 4.58. The topological polar surface area (TPSA) is 61.8 Å². The Labute approximate surface area is 192 Å². The fraction of sp³-hybridized carbons (Fsp3) is 0.192. The summed E-state index contributed by atoms with van der Waals surface area (Å²) in [5, 5.41) is 3.45. The van der Waals surface area contributed by atoms with Gasteiger partial charge in [-0.15, -0.1) is 0 Å². The Morgan fingerprint density at radius 1 is 1.03 bits per heavy atom. The number of nitrogens with one attached hydrogen (secondary N) is 1. The Hall–Kier alpha value is -3.44. The van der Waals surface area contributed by atoms with Crippen molar-refractivity contribution in [2.24, 2.45) is 4.99 Å².